The molecule has 44 heavy (non-hydrogen) atoms. The fourth-order valence-electron chi connectivity index (χ4n) is 3.81. The van der Waals surface area contributed by atoms with Crippen molar-refractivity contribution in [2.24, 2.45) is 5.10 Å². The average molecular weight is 637 g/mol. The Balaban J connectivity index is 1.34. The first-order valence-electron chi connectivity index (χ1n) is 13.1. The van der Waals surface area contributed by atoms with Crippen molar-refractivity contribution in [2.75, 3.05) is 37.0 Å². The average Bonchev–Trinajstić information content (AvgIpc) is 3.04. The van der Waals surface area contributed by atoms with Crippen molar-refractivity contribution in [1.82, 2.24) is 5.43 Å². The molecule has 0 radical (unpaired) electrons. The van der Waals surface area contributed by atoms with Gasteiger partial charge in [-0.3, -0.25) is 13.9 Å². The monoisotopic (exact) mass is 636 g/mol. The lowest BCUT2D eigenvalue weighted by molar-refractivity contribution is -0.119. The maximum absolute atomic E-state index is 13.5. The summed E-state index contributed by atoms with van der Waals surface area (Å²) in [6.07, 6.45) is 1.39. The van der Waals surface area contributed by atoms with Crippen molar-refractivity contribution in [2.45, 2.75) is 4.90 Å². The summed E-state index contributed by atoms with van der Waals surface area (Å²) in [6, 6.07) is 25.5. The fourth-order valence-corrected chi connectivity index (χ4v) is 5.36. The molecule has 228 valence electrons. The second-order valence-corrected chi connectivity index (χ2v) is 11.4. The van der Waals surface area contributed by atoms with E-state index in [9.17, 15) is 18.0 Å². The Labute approximate surface area is 260 Å². The number of hydrogen-bond acceptors (Lipinski definition) is 8. The van der Waals surface area contributed by atoms with Crippen LogP contribution in [0.5, 0.6) is 17.2 Å². The minimum absolute atomic E-state index is 0.0231. The van der Waals surface area contributed by atoms with Gasteiger partial charge < -0.3 is 19.5 Å². The number of rotatable bonds is 13. The molecule has 13 heteroatoms. The summed E-state index contributed by atoms with van der Waals surface area (Å²) >= 11 is 5.98. The number of ether oxygens (including phenoxy) is 3. The number of carbonyl (C=O) groups is 2. The summed E-state index contributed by atoms with van der Waals surface area (Å²) in [5.41, 5.74) is 3.84. The Bertz CT molecular complexity index is 1700. The second kappa shape index (κ2) is 14.9. The lowest BCUT2D eigenvalue weighted by Crippen LogP contribution is -2.39. The van der Waals surface area contributed by atoms with Crippen molar-refractivity contribution in [1.29, 1.82) is 0 Å². The third-order valence-electron chi connectivity index (χ3n) is 6.08. The SMILES string of the molecule is COc1ccc(NC(=O)COc2ccc(/C=N\NC(=O)CN(c3ccc(Cl)cc3)S(=O)(=O)c3ccc(OC)cc3)cc2)cc1. The van der Waals surface area contributed by atoms with Crippen molar-refractivity contribution >= 4 is 51.0 Å². The summed E-state index contributed by atoms with van der Waals surface area (Å²) in [6.45, 7) is -0.738. The number of methoxy groups -OCH3 is 2. The molecule has 0 fully saturated rings. The molecule has 0 aromatic heterocycles. The van der Waals surface area contributed by atoms with Gasteiger partial charge in [-0.25, -0.2) is 13.8 Å². The van der Waals surface area contributed by atoms with Crippen molar-refractivity contribution in [3.05, 3.63) is 108 Å². The molecule has 0 unspecified atom stereocenters. The molecule has 2 amide bonds. The third-order valence-corrected chi connectivity index (χ3v) is 8.12. The summed E-state index contributed by atoms with van der Waals surface area (Å²) in [5.74, 6) is 0.628. The minimum Gasteiger partial charge on any atom is -0.497 e. The van der Waals surface area contributed by atoms with Crippen LogP contribution in [0.2, 0.25) is 5.02 Å². The van der Waals surface area contributed by atoms with E-state index in [4.69, 9.17) is 25.8 Å². The first kappa shape index (κ1) is 31.9. The highest BCUT2D eigenvalue weighted by Gasteiger charge is 2.27. The number of halogens is 1. The number of hydrazone groups is 1. The van der Waals surface area contributed by atoms with E-state index < -0.39 is 22.5 Å². The number of amides is 2. The zero-order chi connectivity index (χ0) is 31.5. The number of anilines is 2. The molecule has 0 aliphatic heterocycles. The van der Waals surface area contributed by atoms with Gasteiger partial charge in [0.15, 0.2) is 6.61 Å². The second-order valence-electron chi connectivity index (χ2n) is 9.09. The van der Waals surface area contributed by atoms with Gasteiger partial charge >= 0.3 is 0 Å². The van der Waals surface area contributed by atoms with E-state index in [-0.39, 0.29) is 23.1 Å². The van der Waals surface area contributed by atoms with Crippen molar-refractivity contribution in [3.63, 3.8) is 0 Å². The number of nitrogens with one attached hydrogen (secondary N) is 2. The highest BCUT2D eigenvalue weighted by molar-refractivity contribution is 7.92. The molecule has 4 rings (SSSR count). The van der Waals surface area contributed by atoms with Gasteiger partial charge in [-0.05, 0) is 103 Å². The number of nitrogens with zero attached hydrogens (tertiary/aromatic N) is 2. The molecule has 0 heterocycles. The Kier molecular flexibility index (Phi) is 10.8. The van der Waals surface area contributed by atoms with Gasteiger partial charge in [0, 0.05) is 10.7 Å². The molecule has 0 saturated heterocycles. The zero-order valence-corrected chi connectivity index (χ0v) is 25.3. The van der Waals surface area contributed by atoms with Crippen LogP contribution in [0, 0.1) is 0 Å². The van der Waals surface area contributed by atoms with Gasteiger partial charge in [0.1, 0.15) is 23.8 Å². The maximum Gasteiger partial charge on any atom is 0.264 e. The van der Waals surface area contributed by atoms with Crippen molar-refractivity contribution < 1.29 is 32.2 Å². The number of carbonyl (C=O) groups excluding carboxylic acids is 2. The van der Waals surface area contributed by atoms with E-state index in [2.05, 4.69) is 15.8 Å². The van der Waals surface area contributed by atoms with E-state index in [1.54, 1.807) is 55.6 Å². The Morgan fingerprint density at radius 3 is 1.95 bits per heavy atom. The molecular weight excluding hydrogens is 608 g/mol. The normalized spacial score (nSPS) is 11.1. The van der Waals surface area contributed by atoms with Gasteiger partial charge in [0.05, 0.1) is 31.0 Å². The summed E-state index contributed by atoms with van der Waals surface area (Å²) in [5, 5.41) is 7.09. The zero-order valence-electron chi connectivity index (χ0n) is 23.8. The summed E-state index contributed by atoms with van der Waals surface area (Å²) < 4.78 is 43.7. The van der Waals surface area contributed by atoms with Crippen LogP contribution < -0.4 is 29.3 Å². The maximum atomic E-state index is 13.5. The van der Waals surface area contributed by atoms with Gasteiger partial charge in [0.25, 0.3) is 21.8 Å². The van der Waals surface area contributed by atoms with Crippen LogP contribution in [0.4, 0.5) is 11.4 Å². The van der Waals surface area contributed by atoms with Crippen LogP contribution in [-0.2, 0) is 19.6 Å². The molecule has 0 bridgehead atoms. The van der Waals surface area contributed by atoms with Crippen LogP contribution in [0.1, 0.15) is 5.56 Å². The molecule has 0 spiro atoms. The van der Waals surface area contributed by atoms with Gasteiger partial charge in [-0.15, -0.1) is 0 Å². The molecule has 0 saturated carbocycles. The molecular formula is C31H29ClN4O7S. The van der Waals surface area contributed by atoms with E-state index >= 15 is 0 Å². The fraction of sp³-hybridized carbons (Fsp3) is 0.129. The van der Waals surface area contributed by atoms with Crippen LogP contribution >= 0.6 is 11.6 Å². The molecule has 2 N–H and O–H groups in total. The Hall–Kier alpha value is -5.07. The highest BCUT2D eigenvalue weighted by atomic mass is 35.5. The topological polar surface area (TPSA) is 136 Å². The van der Waals surface area contributed by atoms with Crippen LogP contribution in [0.25, 0.3) is 0 Å². The lowest BCUT2D eigenvalue weighted by atomic mass is 10.2. The molecule has 11 nitrogen and oxygen atoms in total. The summed E-state index contributed by atoms with van der Waals surface area (Å²) in [4.78, 5) is 24.9. The highest BCUT2D eigenvalue weighted by Crippen LogP contribution is 2.26. The predicted octanol–water partition coefficient (Wildman–Crippen LogP) is 4.72. The van der Waals surface area contributed by atoms with E-state index in [0.717, 1.165) is 4.31 Å². The van der Waals surface area contributed by atoms with Gasteiger partial charge in [0.2, 0.25) is 0 Å². The number of hydrogen-bond donors (Lipinski definition) is 2. The van der Waals surface area contributed by atoms with E-state index in [1.165, 1.54) is 61.9 Å². The minimum atomic E-state index is -4.13. The van der Waals surface area contributed by atoms with Crippen LogP contribution in [0.3, 0.4) is 0 Å². The first-order chi connectivity index (χ1) is 21.2. The predicted molar refractivity (Wildman–Crippen MR) is 168 cm³/mol. The molecule has 0 atom stereocenters. The van der Waals surface area contributed by atoms with Crippen LogP contribution in [0.15, 0.2) is 107 Å². The van der Waals surface area contributed by atoms with E-state index in [0.29, 0.717) is 33.5 Å². The van der Waals surface area contributed by atoms with Crippen molar-refractivity contribution in [3.8, 4) is 17.2 Å². The molecule has 0 aliphatic rings. The Morgan fingerprint density at radius 1 is 0.795 bits per heavy atom. The number of benzene rings is 4. The first-order valence-corrected chi connectivity index (χ1v) is 14.9. The van der Waals surface area contributed by atoms with Crippen LogP contribution in [-0.4, -0.2) is 53.8 Å². The van der Waals surface area contributed by atoms with Gasteiger partial charge in [-0.2, -0.15) is 5.10 Å². The Morgan fingerprint density at radius 2 is 1.36 bits per heavy atom. The summed E-state index contributed by atoms with van der Waals surface area (Å²) in [7, 11) is -1.09. The number of sulfonamides is 1. The molecule has 4 aromatic carbocycles. The third kappa shape index (κ3) is 8.72. The molecule has 4 aromatic rings. The van der Waals surface area contributed by atoms with Gasteiger partial charge in [-0.1, -0.05) is 11.6 Å². The molecule has 0 aliphatic carbocycles. The van der Waals surface area contributed by atoms with E-state index in [1.807, 2.05) is 0 Å². The standard InChI is InChI=1S/C31H29ClN4O7S/c1-41-26-13-7-24(8-14-26)34-31(38)21-43-28-11-3-22(4-12-28)19-33-35-30(37)20-36(25-9-5-23(32)6-10-25)44(39,40)29-17-15-27(42-2)16-18-29/h3-19H,20-21H2,1-2H3,(H,34,38)(H,35,37)/b33-19-. The quantitative estimate of drug-likeness (QED) is 0.160. The lowest BCUT2D eigenvalue weighted by Gasteiger charge is -2.23. The largest absolute Gasteiger partial charge is 0.497 e. The smallest absolute Gasteiger partial charge is 0.264 e.